The standard InChI is InChI=1S/C17H21NO3/c1-3-14(13-8-5-4-6-9-13)17(19)18-15(12-20-2)16-10-7-11-21-16/h4-11,14-15H,3,12H2,1-2H3,(H,18,19)/t14-,15+/m0/s1. The normalized spacial score (nSPS) is 13.6. The van der Waals surface area contributed by atoms with Crippen LogP contribution in [0.5, 0.6) is 0 Å². The molecule has 0 aliphatic heterocycles. The Hall–Kier alpha value is -2.07. The van der Waals surface area contributed by atoms with E-state index in [1.165, 1.54) is 0 Å². The van der Waals surface area contributed by atoms with Crippen molar-refractivity contribution in [1.29, 1.82) is 0 Å². The maximum Gasteiger partial charge on any atom is 0.228 e. The molecule has 0 unspecified atom stereocenters. The van der Waals surface area contributed by atoms with E-state index in [0.29, 0.717) is 12.4 Å². The lowest BCUT2D eigenvalue weighted by molar-refractivity contribution is -0.124. The van der Waals surface area contributed by atoms with Crippen LogP contribution in [0, 0.1) is 0 Å². The van der Waals surface area contributed by atoms with Crippen molar-refractivity contribution in [2.75, 3.05) is 13.7 Å². The fourth-order valence-corrected chi connectivity index (χ4v) is 2.38. The molecule has 0 aliphatic rings. The van der Waals surface area contributed by atoms with Gasteiger partial charge in [-0.05, 0) is 24.1 Å². The minimum absolute atomic E-state index is 0.0119. The van der Waals surface area contributed by atoms with Crippen molar-refractivity contribution in [3.63, 3.8) is 0 Å². The third-order valence-corrected chi connectivity index (χ3v) is 3.46. The van der Waals surface area contributed by atoms with Gasteiger partial charge in [-0.25, -0.2) is 0 Å². The number of benzene rings is 1. The van der Waals surface area contributed by atoms with Gasteiger partial charge in [0.25, 0.3) is 0 Å². The molecular weight excluding hydrogens is 266 g/mol. The van der Waals surface area contributed by atoms with Crippen LogP contribution >= 0.6 is 0 Å². The highest BCUT2D eigenvalue weighted by Crippen LogP contribution is 2.22. The third-order valence-electron chi connectivity index (χ3n) is 3.46. The Morgan fingerprint density at radius 3 is 2.57 bits per heavy atom. The molecule has 2 rings (SSSR count). The first kappa shape index (κ1) is 15.3. The van der Waals surface area contributed by atoms with Crippen LogP contribution < -0.4 is 5.32 Å². The lowest BCUT2D eigenvalue weighted by atomic mass is 9.95. The van der Waals surface area contributed by atoms with Gasteiger partial charge in [0.1, 0.15) is 11.8 Å². The van der Waals surface area contributed by atoms with Crippen molar-refractivity contribution < 1.29 is 13.9 Å². The highest BCUT2D eigenvalue weighted by Gasteiger charge is 2.23. The first-order valence-corrected chi connectivity index (χ1v) is 7.14. The lowest BCUT2D eigenvalue weighted by Gasteiger charge is -2.20. The second-order valence-electron chi connectivity index (χ2n) is 4.90. The molecule has 112 valence electrons. The molecule has 0 fully saturated rings. The molecule has 0 saturated heterocycles. The van der Waals surface area contributed by atoms with Gasteiger partial charge in [-0.2, -0.15) is 0 Å². The number of furan rings is 1. The summed E-state index contributed by atoms with van der Waals surface area (Å²) < 4.78 is 10.5. The van der Waals surface area contributed by atoms with E-state index in [2.05, 4.69) is 5.32 Å². The molecule has 1 heterocycles. The summed E-state index contributed by atoms with van der Waals surface area (Å²) in [5.74, 6) is 0.524. The maximum atomic E-state index is 12.5. The number of carbonyl (C=O) groups is 1. The second kappa shape index (κ2) is 7.64. The van der Waals surface area contributed by atoms with Crippen LogP contribution in [-0.2, 0) is 9.53 Å². The van der Waals surface area contributed by atoms with Gasteiger partial charge in [0, 0.05) is 7.11 Å². The molecule has 0 saturated carbocycles. The van der Waals surface area contributed by atoms with Crippen molar-refractivity contribution in [1.82, 2.24) is 5.32 Å². The summed E-state index contributed by atoms with van der Waals surface area (Å²) >= 11 is 0. The first-order chi connectivity index (χ1) is 10.3. The van der Waals surface area contributed by atoms with Gasteiger partial charge < -0.3 is 14.5 Å². The predicted molar refractivity (Wildman–Crippen MR) is 80.9 cm³/mol. The Morgan fingerprint density at radius 1 is 1.24 bits per heavy atom. The van der Waals surface area contributed by atoms with Gasteiger partial charge in [-0.3, -0.25) is 4.79 Å². The van der Waals surface area contributed by atoms with Gasteiger partial charge in [0.05, 0.1) is 18.8 Å². The van der Waals surface area contributed by atoms with Crippen molar-refractivity contribution in [2.45, 2.75) is 25.3 Å². The van der Waals surface area contributed by atoms with Crippen molar-refractivity contribution in [3.8, 4) is 0 Å². The number of carbonyl (C=O) groups excluding carboxylic acids is 1. The van der Waals surface area contributed by atoms with E-state index in [0.717, 1.165) is 12.0 Å². The van der Waals surface area contributed by atoms with Gasteiger partial charge >= 0.3 is 0 Å². The van der Waals surface area contributed by atoms with Crippen LogP contribution in [0.1, 0.15) is 36.6 Å². The third kappa shape index (κ3) is 3.95. The molecule has 0 aliphatic carbocycles. The summed E-state index contributed by atoms with van der Waals surface area (Å²) in [5, 5.41) is 3.01. The highest BCUT2D eigenvalue weighted by molar-refractivity contribution is 5.83. The van der Waals surface area contributed by atoms with Gasteiger partial charge in [-0.15, -0.1) is 0 Å². The molecule has 0 bridgehead atoms. The van der Waals surface area contributed by atoms with Gasteiger partial charge in [-0.1, -0.05) is 37.3 Å². The van der Waals surface area contributed by atoms with E-state index < -0.39 is 0 Å². The Morgan fingerprint density at radius 2 is 2.00 bits per heavy atom. The number of hydrogen-bond donors (Lipinski definition) is 1. The largest absolute Gasteiger partial charge is 0.467 e. The minimum atomic E-state index is -0.268. The van der Waals surface area contributed by atoms with Gasteiger partial charge in [0.2, 0.25) is 5.91 Å². The predicted octanol–water partition coefficient (Wildman–Crippen LogP) is 3.28. The molecule has 1 amide bonds. The Kier molecular flexibility index (Phi) is 5.58. The molecule has 2 atom stereocenters. The molecule has 4 nitrogen and oxygen atoms in total. The Balaban J connectivity index is 2.10. The molecule has 1 N–H and O–H groups in total. The second-order valence-corrected chi connectivity index (χ2v) is 4.90. The molecule has 0 spiro atoms. The summed E-state index contributed by atoms with van der Waals surface area (Å²) in [7, 11) is 1.61. The van der Waals surface area contributed by atoms with Crippen LogP contribution in [0.4, 0.5) is 0 Å². The average Bonchev–Trinajstić information content (AvgIpc) is 3.03. The lowest BCUT2D eigenvalue weighted by Crippen LogP contribution is -2.34. The van der Waals surface area contributed by atoms with E-state index >= 15 is 0 Å². The van der Waals surface area contributed by atoms with Crippen molar-refractivity contribution in [3.05, 3.63) is 60.1 Å². The van der Waals surface area contributed by atoms with Crippen molar-refractivity contribution in [2.24, 2.45) is 0 Å². The number of nitrogens with one attached hydrogen (secondary N) is 1. The van der Waals surface area contributed by atoms with Gasteiger partial charge in [0.15, 0.2) is 0 Å². The number of methoxy groups -OCH3 is 1. The van der Waals surface area contributed by atoms with Crippen LogP contribution in [0.3, 0.4) is 0 Å². The van der Waals surface area contributed by atoms with E-state index in [9.17, 15) is 4.79 Å². The zero-order valence-electron chi connectivity index (χ0n) is 12.4. The summed E-state index contributed by atoms with van der Waals surface area (Å²) in [6.07, 6.45) is 2.34. The van der Waals surface area contributed by atoms with Crippen molar-refractivity contribution >= 4 is 5.91 Å². The zero-order valence-corrected chi connectivity index (χ0v) is 12.4. The molecule has 2 aromatic rings. The first-order valence-electron chi connectivity index (χ1n) is 7.14. The van der Waals surface area contributed by atoms with Crippen LogP contribution in [0.25, 0.3) is 0 Å². The van der Waals surface area contributed by atoms with E-state index in [4.69, 9.17) is 9.15 Å². The Labute approximate surface area is 125 Å². The average molecular weight is 287 g/mol. The monoisotopic (exact) mass is 287 g/mol. The number of rotatable bonds is 7. The molecule has 1 aromatic carbocycles. The maximum absolute atomic E-state index is 12.5. The van der Waals surface area contributed by atoms with Crippen LogP contribution in [0.15, 0.2) is 53.1 Å². The summed E-state index contributed by atoms with van der Waals surface area (Å²) in [5.41, 5.74) is 1.02. The molecule has 4 heteroatoms. The van der Waals surface area contributed by atoms with Crippen LogP contribution in [0.2, 0.25) is 0 Å². The summed E-state index contributed by atoms with van der Waals surface area (Å²) in [6.45, 7) is 2.39. The topological polar surface area (TPSA) is 51.5 Å². The SMILES string of the molecule is CC[C@H](C(=O)N[C@H](COC)c1ccco1)c1ccccc1. The van der Waals surface area contributed by atoms with Crippen LogP contribution in [-0.4, -0.2) is 19.6 Å². The molecule has 1 aromatic heterocycles. The molecule has 0 radical (unpaired) electrons. The highest BCUT2D eigenvalue weighted by atomic mass is 16.5. The zero-order chi connectivity index (χ0) is 15.1. The summed E-state index contributed by atoms with van der Waals surface area (Å²) in [4.78, 5) is 12.5. The fraction of sp³-hybridized carbons (Fsp3) is 0.353. The van der Waals surface area contributed by atoms with E-state index in [1.807, 2.05) is 43.3 Å². The number of amides is 1. The summed E-state index contributed by atoms with van der Waals surface area (Å²) in [6, 6.07) is 13.2. The Bertz CT molecular complexity index is 536. The minimum Gasteiger partial charge on any atom is -0.467 e. The molecule has 21 heavy (non-hydrogen) atoms. The van der Waals surface area contributed by atoms with E-state index in [-0.39, 0.29) is 17.9 Å². The molecular formula is C17H21NO3. The number of ether oxygens (including phenoxy) is 1. The van der Waals surface area contributed by atoms with E-state index in [1.54, 1.807) is 19.4 Å². The quantitative estimate of drug-likeness (QED) is 0.850. The smallest absolute Gasteiger partial charge is 0.228 e. The fourth-order valence-electron chi connectivity index (χ4n) is 2.38. The number of hydrogen-bond acceptors (Lipinski definition) is 3.